The monoisotopic (exact) mass is 265 g/mol. The first-order valence-corrected chi connectivity index (χ1v) is 7.38. The van der Waals surface area contributed by atoms with E-state index in [0.29, 0.717) is 24.5 Å². The summed E-state index contributed by atoms with van der Waals surface area (Å²) in [7, 11) is 0. The van der Waals surface area contributed by atoms with E-state index < -0.39 is 0 Å². The number of aromatic nitrogens is 2. The lowest BCUT2D eigenvalue weighted by atomic mass is 9.91. The summed E-state index contributed by atoms with van der Waals surface area (Å²) in [5.74, 6) is 3.22. The second-order valence-corrected chi connectivity index (χ2v) is 6.26. The molecule has 1 aliphatic heterocycles. The third kappa shape index (κ3) is 2.61. The molecule has 1 aliphatic carbocycles. The van der Waals surface area contributed by atoms with Crippen LogP contribution in [0.2, 0.25) is 0 Å². The Morgan fingerprint density at radius 3 is 2.63 bits per heavy atom. The van der Waals surface area contributed by atoms with Gasteiger partial charge in [-0.2, -0.15) is 4.98 Å². The minimum absolute atomic E-state index is 0.312. The van der Waals surface area contributed by atoms with Crippen molar-refractivity contribution in [2.45, 2.75) is 39.0 Å². The summed E-state index contributed by atoms with van der Waals surface area (Å²) in [4.78, 5) is 6.66. The van der Waals surface area contributed by atoms with E-state index in [4.69, 9.17) is 9.63 Å². The highest BCUT2D eigenvalue weighted by atomic mass is 16.5. The van der Waals surface area contributed by atoms with E-state index in [9.17, 15) is 0 Å². The normalized spacial score (nSPS) is 28.1. The van der Waals surface area contributed by atoms with Crippen LogP contribution in [0.4, 0.5) is 6.01 Å². The lowest BCUT2D eigenvalue weighted by molar-refractivity contribution is 0.247. The van der Waals surface area contributed by atoms with E-state index in [1.54, 1.807) is 0 Å². The van der Waals surface area contributed by atoms with Gasteiger partial charge in [-0.25, -0.2) is 0 Å². The number of anilines is 1. The van der Waals surface area contributed by atoms with Gasteiger partial charge in [0, 0.05) is 25.6 Å². The van der Waals surface area contributed by atoms with Crippen molar-refractivity contribution < 1.29 is 9.63 Å². The first kappa shape index (κ1) is 12.9. The van der Waals surface area contributed by atoms with Crippen LogP contribution < -0.4 is 4.90 Å². The summed E-state index contributed by atoms with van der Waals surface area (Å²) < 4.78 is 5.34. The number of piperidine rings is 1. The van der Waals surface area contributed by atoms with Gasteiger partial charge in [-0.3, -0.25) is 0 Å². The first-order valence-electron chi connectivity index (χ1n) is 7.38. The van der Waals surface area contributed by atoms with Gasteiger partial charge in [0.05, 0.1) is 0 Å². The maximum atomic E-state index is 9.15. The molecule has 2 fully saturated rings. The van der Waals surface area contributed by atoms with Crippen LogP contribution in [0.25, 0.3) is 0 Å². The van der Waals surface area contributed by atoms with Crippen molar-refractivity contribution in [2.24, 2.45) is 17.8 Å². The van der Waals surface area contributed by atoms with Crippen LogP contribution in [0.15, 0.2) is 4.52 Å². The molecule has 0 spiro atoms. The van der Waals surface area contributed by atoms with Crippen molar-refractivity contribution in [3.05, 3.63) is 5.82 Å². The molecule has 0 radical (unpaired) electrons. The molecule has 0 bridgehead atoms. The van der Waals surface area contributed by atoms with Crippen LogP contribution in [0, 0.1) is 17.8 Å². The number of hydrogen-bond donors (Lipinski definition) is 1. The molecule has 19 heavy (non-hydrogen) atoms. The summed E-state index contributed by atoms with van der Waals surface area (Å²) in [6, 6.07) is 0.677. The van der Waals surface area contributed by atoms with Gasteiger partial charge in [-0.1, -0.05) is 19.0 Å². The average molecular weight is 265 g/mol. The van der Waals surface area contributed by atoms with Crippen LogP contribution >= 0.6 is 0 Å². The topological polar surface area (TPSA) is 62.4 Å². The number of aliphatic hydroxyl groups is 1. The summed E-state index contributed by atoms with van der Waals surface area (Å²) in [6.07, 6.45) is 3.58. The fraction of sp³-hybridized carbons (Fsp3) is 0.857. The SMILES string of the molecule is CC(C)c1noc(N2CCC(C3CC3CO)CC2)n1. The molecular weight excluding hydrogens is 242 g/mol. The van der Waals surface area contributed by atoms with Crippen molar-refractivity contribution in [3.8, 4) is 0 Å². The maximum absolute atomic E-state index is 9.15. The second kappa shape index (κ2) is 5.12. The van der Waals surface area contributed by atoms with E-state index in [0.717, 1.165) is 30.7 Å². The minimum atomic E-state index is 0.312. The van der Waals surface area contributed by atoms with Crippen LogP contribution in [-0.2, 0) is 0 Å². The Morgan fingerprint density at radius 2 is 2.11 bits per heavy atom. The predicted molar refractivity (Wildman–Crippen MR) is 72.0 cm³/mol. The molecule has 1 saturated heterocycles. The van der Waals surface area contributed by atoms with Crippen LogP contribution in [0.1, 0.15) is 44.9 Å². The minimum Gasteiger partial charge on any atom is -0.396 e. The molecule has 0 amide bonds. The molecule has 5 heteroatoms. The van der Waals surface area contributed by atoms with Gasteiger partial charge in [0.15, 0.2) is 5.82 Å². The number of rotatable bonds is 4. The lowest BCUT2D eigenvalue weighted by Gasteiger charge is -2.30. The van der Waals surface area contributed by atoms with E-state index in [1.807, 2.05) is 0 Å². The molecule has 2 heterocycles. The third-order valence-electron chi connectivity index (χ3n) is 4.57. The molecular formula is C14H23N3O2. The fourth-order valence-electron chi connectivity index (χ4n) is 3.17. The van der Waals surface area contributed by atoms with Gasteiger partial charge >= 0.3 is 6.01 Å². The number of nitrogens with zero attached hydrogens (tertiary/aromatic N) is 3. The summed E-state index contributed by atoms with van der Waals surface area (Å²) >= 11 is 0. The van der Waals surface area contributed by atoms with Gasteiger partial charge in [-0.05, 0) is 37.0 Å². The Balaban J connectivity index is 1.54. The zero-order valence-electron chi connectivity index (χ0n) is 11.7. The van der Waals surface area contributed by atoms with Gasteiger partial charge in [-0.15, -0.1) is 0 Å². The van der Waals surface area contributed by atoms with Gasteiger partial charge in [0.2, 0.25) is 0 Å². The zero-order chi connectivity index (χ0) is 13.4. The molecule has 0 aromatic carbocycles. The molecule has 1 saturated carbocycles. The van der Waals surface area contributed by atoms with E-state index in [1.165, 1.54) is 19.3 Å². The molecule has 3 rings (SSSR count). The van der Waals surface area contributed by atoms with Crippen molar-refractivity contribution in [3.63, 3.8) is 0 Å². The van der Waals surface area contributed by atoms with Crippen LogP contribution in [0.5, 0.6) is 0 Å². The Morgan fingerprint density at radius 1 is 1.37 bits per heavy atom. The fourth-order valence-corrected chi connectivity index (χ4v) is 3.17. The smallest absolute Gasteiger partial charge is 0.324 e. The number of hydrogen-bond acceptors (Lipinski definition) is 5. The molecule has 1 N–H and O–H groups in total. The summed E-state index contributed by atoms with van der Waals surface area (Å²) in [5.41, 5.74) is 0. The van der Waals surface area contributed by atoms with Gasteiger partial charge in [0.1, 0.15) is 0 Å². The zero-order valence-corrected chi connectivity index (χ0v) is 11.7. The largest absolute Gasteiger partial charge is 0.396 e. The molecule has 2 aliphatic rings. The third-order valence-corrected chi connectivity index (χ3v) is 4.57. The Hall–Kier alpha value is -1.10. The highest BCUT2D eigenvalue weighted by Crippen LogP contribution is 2.47. The molecule has 2 atom stereocenters. The second-order valence-electron chi connectivity index (χ2n) is 6.26. The van der Waals surface area contributed by atoms with Crippen molar-refractivity contribution in [2.75, 3.05) is 24.6 Å². The van der Waals surface area contributed by atoms with E-state index in [-0.39, 0.29) is 0 Å². The maximum Gasteiger partial charge on any atom is 0.324 e. The summed E-state index contributed by atoms with van der Waals surface area (Å²) in [6.45, 7) is 6.51. The lowest BCUT2D eigenvalue weighted by Crippen LogP contribution is -2.34. The van der Waals surface area contributed by atoms with Gasteiger partial charge < -0.3 is 14.5 Å². The molecule has 5 nitrogen and oxygen atoms in total. The highest BCUT2D eigenvalue weighted by Gasteiger charge is 2.43. The van der Waals surface area contributed by atoms with Crippen LogP contribution in [0.3, 0.4) is 0 Å². The summed E-state index contributed by atoms with van der Waals surface area (Å²) in [5, 5.41) is 13.2. The first-order chi connectivity index (χ1) is 9.19. The molecule has 1 aromatic heterocycles. The standard InChI is InChI=1S/C14H23N3O2/c1-9(2)13-15-14(19-16-13)17-5-3-10(4-6-17)12-7-11(12)8-18/h9-12,18H,3-8H2,1-2H3. The molecule has 1 aromatic rings. The highest BCUT2D eigenvalue weighted by molar-refractivity contribution is 5.26. The Kier molecular flexibility index (Phi) is 3.48. The Bertz CT molecular complexity index is 424. The van der Waals surface area contributed by atoms with Crippen molar-refractivity contribution in [1.82, 2.24) is 10.1 Å². The van der Waals surface area contributed by atoms with E-state index >= 15 is 0 Å². The molecule has 2 unspecified atom stereocenters. The average Bonchev–Trinajstić information content (AvgIpc) is 3.05. The van der Waals surface area contributed by atoms with Crippen molar-refractivity contribution in [1.29, 1.82) is 0 Å². The number of aliphatic hydroxyl groups excluding tert-OH is 1. The Labute approximate surface area is 114 Å². The van der Waals surface area contributed by atoms with E-state index in [2.05, 4.69) is 28.9 Å². The molecule has 106 valence electrons. The van der Waals surface area contributed by atoms with Crippen molar-refractivity contribution >= 4 is 6.01 Å². The van der Waals surface area contributed by atoms with Gasteiger partial charge in [0.25, 0.3) is 0 Å². The predicted octanol–water partition coefficient (Wildman–Crippen LogP) is 2.04. The quantitative estimate of drug-likeness (QED) is 0.902. The van der Waals surface area contributed by atoms with Crippen LogP contribution in [-0.4, -0.2) is 34.9 Å².